The molecule has 0 saturated carbocycles. The van der Waals surface area contributed by atoms with Crippen LogP contribution in [0, 0.1) is 6.92 Å². The van der Waals surface area contributed by atoms with Crippen molar-refractivity contribution in [3.8, 4) is 16.9 Å². The number of methoxy groups -OCH3 is 1. The minimum atomic E-state index is 0.768. The van der Waals surface area contributed by atoms with E-state index in [0.29, 0.717) is 0 Å². The molecule has 16 heavy (non-hydrogen) atoms. The zero-order chi connectivity index (χ0) is 11.5. The Labute approximate surface area is 101 Å². The predicted molar refractivity (Wildman–Crippen MR) is 68.2 cm³/mol. The lowest BCUT2D eigenvalue weighted by atomic mass is 10.0. The first-order chi connectivity index (χ1) is 7.70. The van der Waals surface area contributed by atoms with Crippen LogP contribution < -0.4 is 4.74 Å². The highest BCUT2D eigenvalue weighted by molar-refractivity contribution is 6.30. The Morgan fingerprint density at radius 3 is 2.56 bits per heavy atom. The summed E-state index contributed by atoms with van der Waals surface area (Å²) in [7, 11) is 1.67. The highest BCUT2D eigenvalue weighted by Crippen LogP contribution is 2.28. The van der Waals surface area contributed by atoms with Gasteiger partial charge in [-0.25, -0.2) is 0 Å². The first kappa shape index (κ1) is 11.0. The zero-order valence-corrected chi connectivity index (χ0v) is 10.1. The molecular weight excluding hydrogens is 220 g/mol. The molecule has 0 fully saturated rings. The molecule has 0 bridgehead atoms. The molecule has 0 aliphatic rings. The minimum absolute atomic E-state index is 0.768. The Morgan fingerprint density at radius 2 is 1.88 bits per heavy atom. The average Bonchev–Trinajstić information content (AvgIpc) is 2.29. The molecule has 0 aliphatic heterocycles. The van der Waals surface area contributed by atoms with Crippen molar-refractivity contribution in [3.63, 3.8) is 0 Å². The summed E-state index contributed by atoms with van der Waals surface area (Å²) in [5, 5.41) is 0.768. The second kappa shape index (κ2) is 4.58. The summed E-state index contributed by atoms with van der Waals surface area (Å²) in [4.78, 5) is 0. The van der Waals surface area contributed by atoms with Gasteiger partial charge in [0.1, 0.15) is 5.75 Å². The molecule has 0 amide bonds. The average molecular weight is 233 g/mol. The van der Waals surface area contributed by atoms with Gasteiger partial charge < -0.3 is 4.74 Å². The van der Waals surface area contributed by atoms with Crippen LogP contribution in [0.5, 0.6) is 5.75 Å². The first-order valence-corrected chi connectivity index (χ1v) is 5.49. The molecule has 0 N–H and O–H groups in total. The number of rotatable bonds is 2. The quantitative estimate of drug-likeness (QED) is 0.749. The van der Waals surface area contributed by atoms with Crippen LogP contribution in [0.25, 0.3) is 11.1 Å². The van der Waals surface area contributed by atoms with Crippen molar-refractivity contribution < 1.29 is 4.74 Å². The molecule has 82 valence electrons. The van der Waals surface area contributed by atoms with Crippen LogP contribution >= 0.6 is 11.6 Å². The maximum Gasteiger partial charge on any atom is 0.119 e. The van der Waals surface area contributed by atoms with E-state index < -0.39 is 0 Å². The smallest absolute Gasteiger partial charge is 0.119 e. The molecule has 0 spiro atoms. The lowest BCUT2D eigenvalue weighted by Gasteiger charge is -2.08. The highest BCUT2D eigenvalue weighted by atomic mass is 35.5. The molecule has 2 aromatic rings. The van der Waals surface area contributed by atoms with E-state index in [1.807, 2.05) is 36.4 Å². The Balaban J connectivity index is 2.49. The van der Waals surface area contributed by atoms with E-state index in [0.717, 1.165) is 16.3 Å². The minimum Gasteiger partial charge on any atom is -0.497 e. The Morgan fingerprint density at radius 1 is 1.06 bits per heavy atom. The van der Waals surface area contributed by atoms with Crippen LogP contribution in [0.4, 0.5) is 0 Å². The van der Waals surface area contributed by atoms with Crippen molar-refractivity contribution in [2.24, 2.45) is 0 Å². The number of benzene rings is 2. The molecular formula is C14H13ClO. The summed E-state index contributed by atoms with van der Waals surface area (Å²) in [5.41, 5.74) is 3.50. The largest absolute Gasteiger partial charge is 0.497 e. The van der Waals surface area contributed by atoms with Crippen molar-refractivity contribution in [3.05, 3.63) is 53.1 Å². The van der Waals surface area contributed by atoms with Crippen LogP contribution in [0.2, 0.25) is 5.02 Å². The van der Waals surface area contributed by atoms with Gasteiger partial charge in [-0.2, -0.15) is 0 Å². The highest BCUT2D eigenvalue weighted by Gasteiger charge is 2.03. The molecule has 0 unspecified atom stereocenters. The summed E-state index contributed by atoms with van der Waals surface area (Å²) < 4.78 is 5.21. The summed E-state index contributed by atoms with van der Waals surface area (Å²) in [6, 6.07) is 13.9. The summed E-state index contributed by atoms with van der Waals surface area (Å²) in [6.07, 6.45) is 0. The van der Waals surface area contributed by atoms with Crippen LogP contribution in [-0.4, -0.2) is 7.11 Å². The van der Waals surface area contributed by atoms with E-state index >= 15 is 0 Å². The van der Waals surface area contributed by atoms with Gasteiger partial charge in [0.05, 0.1) is 7.11 Å². The normalized spacial score (nSPS) is 10.2. The van der Waals surface area contributed by atoms with Gasteiger partial charge in [0.25, 0.3) is 0 Å². The number of halogens is 1. The van der Waals surface area contributed by atoms with Crippen LogP contribution in [0.15, 0.2) is 42.5 Å². The second-order valence-corrected chi connectivity index (χ2v) is 4.13. The molecule has 1 nitrogen and oxygen atoms in total. The van der Waals surface area contributed by atoms with E-state index in [9.17, 15) is 0 Å². The summed E-state index contributed by atoms with van der Waals surface area (Å²) in [6.45, 7) is 2.06. The topological polar surface area (TPSA) is 9.23 Å². The number of ether oxygens (including phenoxy) is 1. The molecule has 0 aromatic heterocycles. The maximum absolute atomic E-state index is 5.94. The van der Waals surface area contributed by atoms with Gasteiger partial charge in [0.15, 0.2) is 0 Å². The number of aryl methyl sites for hydroxylation is 1. The van der Waals surface area contributed by atoms with Crippen molar-refractivity contribution >= 4 is 11.6 Å². The Kier molecular flexibility index (Phi) is 3.16. The molecule has 0 aliphatic carbocycles. The Hall–Kier alpha value is -1.47. The lowest BCUT2D eigenvalue weighted by molar-refractivity contribution is 0.415. The maximum atomic E-state index is 5.94. The summed E-state index contributed by atoms with van der Waals surface area (Å²) in [5.74, 6) is 0.867. The van der Waals surface area contributed by atoms with Crippen LogP contribution in [0.3, 0.4) is 0 Å². The van der Waals surface area contributed by atoms with Gasteiger partial charge in [-0.05, 0) is 47.9 Å². The SMILES string of the molecule is COc1cccc(-c2ccc(Cl)cc2C)c1. The molecule has 0 atom stereocenters. The predicted octanol–water partition coefficient (Wildman–Crippen LogP) is 4.32. The third-order valence-corrected chi connectivity index (χ3v) is 2.80. The zero-order valence-electron chi connectivity index (χ0n) is 9.33. The van der Waals surface area contributed by atoms with Gasteiger partial charge in [0, 0.05) is 5.02 Å². The van der Waals surface area contributed by atoms with Crippen molar-refractivity contribution in [2.75, 3.05) is 7.11 Å². The van der Waals surface area contributed by atoms with E-state index in [2.05, 4.69) is 13.0 Å². The molecule has 0 radical (unpaired) electrons. The fourth-order valence-electron chi connectivity index (χ4n) is 1.74. The standard InChI is InChI=1S/C14H13ClO/c1-10-8-12(15)6-7-14(10)11-4-3-5-13(9-11)16-2/h3-9H,1-2H3. The number of hydrogen-bond donors (Lipinski definition) is 0. The fourth-order valence-corrected chi connectivity index (χ4v) is 1.97. The molecule has 2 heteroatoms. The van der Waals surface area contributed by atoms with Gasteiger partial charge in [-0.1, -0.05) is 29.8 Å². The van der Waals surface area contributed by atoms with E-state index in [1.54, 1.807) is 7.11 Å². The van der Waals surface area contributed by atoms with Crippen molar-refractivity contribution in [1.82, 2.24) is 0 Å². The Bertz CT molecular complexity index is 506. The van der Waals surface area contributed by atoms with E-state index in [4.69, 9.17) is 16.3 Å². The molecule has 2 rings (SSSR count). The van der Waals surface area contributed by atoms with E-state index in [-0.39, 0.29) is 0 Å². The molecule has 2 aromatic carbocycles. The van der Waals surface area contributed by atoms with Gasteiger partial charge in [0.2, 0.25) is 0 Å². The van der Waals surface area contributed by atoms with Gasteiger partial charge >= 0.3 is 0 Å². The van der Waals surface area contributed by atoms with Crippen molar-refractivity contribution in [2.45, 2.75) is 6.92 Å². The van der Waals surface area contributed by atoms with Gasteiger partial charge in [-0.15, -0.1) is 0 Å². The van der Waals surface area contributed by atoms with Crippen LogP contribution in [-0.2, 0) is 0 Å². The molecule has 0 heterocycles. The fraction of sp³-hybridized carbons (Fsp3) is 0.143. The summed E-state index contributed by atoms with van der Waals surface area (Å²) >= 11 is 5.94. The third-order valence-electron chi connectivity index (χ3n) is 2.57. The first-order valence-electron chi connectivity index (χ1n) is 5.11. The van der Waals surface area contributed by atoms with Crippen molar-refractivity contribution in [1.29, 1.82) is 0 Å². The number of hydrogen-bond acceptors (Lipinski definition) is 1. The lowest BCUT2D eigenvalue weighted by Crippen LogP contribution is -1.86. The second-order valence-electron chi connectivity index (χ2n) is 3.69. The molecule has 0 saturated heterocycles. The monoisotopic (exact) mass is 232 g/mol. The van der Waals surface area contributed by atoms with Gasteiger partial charge in [-0.3, -0.25) is 0 Å². The third kappa shape index (κ3) is 2.20. The van der Waals surface area contributed by atoms with E-state index in [1.165, 1.54) is 11.1 Å². The van der Waals surface area contributed by atoms with Crippen LogP contribution in [0.1, 0.15) is 5.56 Å².